The smallest absolute Gasteiger partial charge is 0.150 e. The van der Waals surface area contributed by atoms with Crippen molar-refractivity contribution in [2.45, 2.75) is 30.9 Å². The van der Waals surface area contributed by atoms with Crippen LogP contribution in [-0.2, 0) is 9.84 Å². The minimum Gasteiger partial charge on any atom is -0.396 e. The first-order valence-corrected chi connectivity index (χ1v) is 6.89. The first kappa shape index (κ1) is 11.9. The summed E-state index contributed by atoms with van der Waals surface area (Å²) in [6.45, 7) is 0.514. The van der Waals surface area contributed by atoms with Crippen LogP contribution in [0.1, 0.15) is 25.7 Å². The van der Waals surface area contributed by atoms with E-state index in [1.807, 2.05) is 0 Å². The number of rotatable bonds is 3. The van der Waals surface area contributed by atoms with Gasteiger partial charge in [-0.25, -0.2) is 8.42 Å². The van der Waals surface area contributed by atoms with Crippen LogP contribution in [0.2, 0.25) is 0 Å². The zero-order valence-electron chi connectivity index (χ0n) is 8.57. The molecule has 0 spiro atoms. The minimum atomic E-state index is -2.91. The average Bonchev–Trinajstić information content (AvgIpc) is 2.16. The molecule has 84 valence electrons. The molecule has 1 fully saturated rings. The molecule has 0 aromatic rings. The SMILES string of the molecule is CS(=O)(=O)C1CCC(CN)(CO)CC1. The number of nitrogens with two attached hydrogens (primary N) is 1. The van der Waals surface area contributed by atoms with Gasteiger partial charge in [0.15, 0.2) is 0 Å². The first-order valence-electron chi connectivity index (χ1n) is 4.93. The standard InChI is InChI=1S/C9H19NO3S/c1-14(12,13)8-2-4-9(6-10,7-11)5-3-8/h8,11H,2-7,10H2,1H3. The van der Waals surface area contributed by atoms with Crippen molar-refractivity contribution in [3.8, 4) is 0 Å². The van der Waals surface area contributed by atoms with E-state index in [0.29, 0.717) is 19.4 Å². The van der Waals surface area contributed by atoms with Crippen LogP contribution in [0, 0.1) is 5.41 Å². The molecule has 5 heteroatoms. The molecule has 0 amide bonds. The second kappa shape index (κ2) is 4.16. The van der Waals surface area contributed by atoms with Gasteiger partial charge in [0.25, 0.3) is 0 Å². The molecule has 0 aliphatic heterocycles. The molecule has 0 bridgehead atoms. The van der Waals surface area contributed by atoms with E-state index in [2.05, 4.69) is 0 Å². The third-order valence-corrected chi connectivity index (χ3v) is 5.05. The summed E-state index contributed by atoms with van der Waals surface area (Å²) in [5.41, 5.74) is 5.37. The molecule has 0 unspecified atom stereocenters. The number of aliphatic hydroxyl groups excluding tert-OH is 1. The molecule has 0 aromatic heterocycles. The predicted molar refractivity (Wildman–Crippen MR) is 55.7 cm³/mol. The fourth-order valence-corrected chi connectivity index (χ4v) is 3.15. The highest BCUT2D eigenvalue weighted by Gasteiger charge is 2.36. The van der Waals surface area contributed by atoms with E-state index in [0.717, 1.165) is 12.8 Å². The summed E-state index contributed by atoms with van der Waals surface area (Å²) in [6.07, 6.45) is 3.99. The van der Waals surface area contributed by atoms with Gasteiger partial charge < -0.3 is 10.8 Å². The Labute approximate surface area is 85.4 Å². The molecule has 1 saturated carbocycles. The van der Waals surface area contributed by atoms with Crippen molar-refractivity contribution in [3.05, 3.63) is 0 Å². The second-order valence-electron chi connectivity index (χ2n) is 4.39. The lowest BCUT2D eigenvalue weighted by molar-refractivity contribution is 0.0913. The van der Waals surface area contributed by atoms with Gasteiger partial charge in [0.2, 0.25) is 0 Å². The Balaban J connectivity index is 2.62. The summed E-state index contributed by atoms with van der Waals surface area (Å²) in [7, 11) is -2.91. The van der Waals surface area contributed by atoms with E-state index in [-0.39, 0.29) is 17.3 Å². The Hall–Kier alpha value is -0.130. The van der Waals surface area contributed by atoms with Gasteiger partial charge in [0.05, 0.1) is 5.25 Å². The molecule has 14 heavy (non-hydrogen) atoms. The highest BCUT2D eigenvalue weighted by atomic mass is 32.2. The summed E-state index contributed by atoms with van der Waals surface area (Å²) >= 11 is 0. The highest BCUT2D eigenvalue weighted by molar-refractivity contribution is 7.91. The Morgan fingerprint density at radius 3 is 2.21 bits per heavy atom. The molecule has 1 aliphatic carbocycles. The molecule has 4 nitrogen and oxygen atoms in total. The molecule has 0 aromatic carbocycles. The summed E-state index contributed by atoms with van der Waals surface area (Å²) in [5.74, 6) is 0. The maximum absolute atomic E-state index is 11.3. The lowest BCUT2D eigenvalue weighted by Gasteiger charge is -2.37. The van der Waals surface area contributed by atoms with Crippen molar-refractivity contribution in [2.24, 2.45) is 11.1 Å². The van der Waals surface area contributed by atoms with Crippen LogP contribution in [0.25, 0.3) is 0 Å². The van der Waals surface area contributed by atoms with Crippen molar-refractivity contribution < 1.29 is 13.5 Å². The fourth-order valence-electron chi connectivity index (χ4n) is 2.06. The second-order valence-corrected chi connectivity index (χ2v) is 6.72. The molecular weight excluding hydrogens is 202 g/mol. The zero-order chi connectivity index (χ0) is 10.8. The quantitative estimate of drug-likeness (QED) is 0.698. The van der Waals surface area contributed by atoms with Crippen LogP contribution in [0.3, 0.4) is 0 Å². The maximum Gasteiger partial charge on any atom is 0.150 e. The number of hydrogen-bond acceptors (Lipinski definition) is 4. The monoisotopic (exact) mass is 221 g/mol. The fraction of sp³-hybridized carbons (Fsp3) is 1.00. The van der Waals surface area contributed by atoms with Crippen LogP contribution < -0.4 is 5.73 Å². The van der Waals surface area contributed by atoms with Crippen molar-refractivity contribution >= 4 is 9.84 Å². The zero-order valence-corrected chi connectivity index (χ0v) is 9.39. The lowest BCUT2D eigenvalue weighted by atomic mass is 9.74. The lowest BCUT2D eigenvalue weighted by Crippen LogP contribution is -2.40. The van der Waals surface area contributed by atoms with E-state index >= 15 is 0 Å². The summed E-state index contributed by atoms with van der Waals surface area (Å²) < 4.78 is 22.6. The third-order valence-electron chi connectivity index (χ3n) is 3.37. The van der Waals surface area contributed by atoms with Crippen molar-refractivity contribution in [3.63, 3.8) is 0 Å². The van der Waals surface area contributed by atoms with Crippen LogP contribution in [-0.4, -0.2) is 38.2 Å². The largest absolute Gasteiger partial charge is 0.396 e. The van der Waals surface area contributed by atoms with Gasteiger partial charge in [0.1, 0.15) is 9.84 Å². The Morgan fingerprint density at radius 2 is 1.93 bits per heavy atom. The molecule has 0 saturated heterocycles. The minimum absolute atomic E-state index is 0.0694. The van der Waals surface area contributed by atoms with Gasteiger partial charge in [-0.2, -0.15) is 0 Å². The van der Waals surface area contributed by atoms with Crippen molar-refractivity contribution in [1.29, 1.82) is 0 Å². The van der Waals surface area contributed by atoms with E-state index in [1.54, 1.807) is 0 Å². The predicted octanol–water partition coefficient (Wildman–Crippen LogP) is -0.0890. The molecule has 0 heterocycles. The van der Waals surface area contributed by atoms with Crippen molar-refractivity contribution in [2.75, 3.05) is 19.4 Å². The Morgan fingerprint density at radius 1 is 1.43 bits per heavy atom. The van der Waals surface area contributed by atoms with E-state index in [1.165, 1.54) is 6.26 Å². The molecular formula is C9H19NO3S. The van der Waals surface area contributed by atoms with Gasteiger partial charge >= 0.3 is 0 Å². The highest BCUT2D eigenvalue weighted by Crippen LogP contribution is 2.37. The molecule has 1 rings (SSSR count). The van der Waals surface area contributed by atoms with Crippen LogP contribution >= 0.6 is 0 Å². The van der Waals surface area contributed by atoms with E-state index in [9.17, 15) is 13.5 Å². The molecule has 0 atom stereocenters. The van der Waals surface area contributed by atoms with Gasteiger partial charge in [0, 0.05) is 24.8 Å². The average molecular weight is 221 g/mol. The number of aliphatic hydroxyl groups is 1. The summed E-state index contributed by atoms with van der Waals surface area (Å²) in [5, 5.41) is 8.97. The molecule has 1 aliphatic rings. The van der Waals surface area contributed by atoms with Gasteiger partial charge in [-0.3, -0.25) is 0 Å². The third kappa shape index (κ3) is 2.46. The van der Waals surface area contributed by atoms with Gasteiger partial charge in [-0.15, -0.1) is 0 Å². The van der Waals surface area contributed by atoms with E-state index < -0.39 is 9.84 Å². The van der Waals surface area contributed by atoms with E-state index in [4.69, 9.17) is 5.73 Å². The molecule has 0 radical (unpaired) electrons. The number of hydrogen-bond donors (Lipinski definition) is 2. The Kier molecular flexibility index (Phi) is 3.55. The summed E-state index contributed by atoms with van der Waals surface area (Å²) in [4.78, 5) is 0. The van der Waals surface area contributed by atoms with Crippen LogP contribution in [0.4, 0.5) is 0 Å². The number of sulfone groups is 1. The first-order chi connectivity index (χ1) is 6.43. The Bertz CT molecular complexity index is 272. The topological polar surface area (TPSA) is 80.4 Å². The maximum atomic E-state index is 11.3. The van der Waals surface area contributed by atoms with Crippen LogP contribution in [0.5, 0.6) is 0 Å². The van der Waals surface area contributed by atoms with Gasteiger partial charge in [-0.1, -0.05) is 0 Å². The van der Waals surface area contributed by atoms with Gasteiger partial charge in [-0.05, 0) is 25.7 Å². The van der Waals surface area contributed by atoms with Crippen molar-refractivity contribution in [1.82, 2.24) is 0 Å². The molecule has 3 N–H and O–H groups in total. The normalized spacial score (nSPS) is 34.4. The summed E-state index contributed by atoms with van der Waals surface area (Å²) in [6, 6.07) is 0. The van der Waals surface area contributed by atoms with Crippen LogP contribution in [0.15, 0.2) is 0 Å².